The Morgan fingerprint density at radius 3 is 2.35 bits per heavy atom. The Balaban J connectivity index is 1.85. The van der Waals surface area contributed by atoms with Gasteiger partial charge in [-0.2, -0.15) is 0 Å². The first-order chi connectivity index (χ1) is 9.63. The molecule has 0 bridgehead atoms. The molecule has 2 heteroatoms. The van der Waals surface area contributed by atoms with Crippen LogP contribution >= 0.6 is 0 Å². The Labute approximate surface area is 126 Å². The van der Waals surface area contributed by atoms with Crippen LogP contribution in [0.25, 0.3) is 0 Å². The Bertz CT molecular complexity index is 257. The van der Waals surface area contributed by atoms with Crippen molar-refractivity contribution in [1.29, 1.82) is 0 Å². The van der Waals surface area contributed by atoms with Crippen LogP contribution in [0.15, 0.2) is 0 Å². The highest BCUT2D eigenvalue weighted by Gasteiger charge is 2.35. The maximum Gasteiger partial charge on any atom is 0.00472 e. The lowest BCUT2D eigenvalue weighted by atomic mass is 9.70. The third kappa shape index (κ3) is 4.73. The molecule has 0 aromatic heterocycles. The van der Waals surface area contributed by atoms with Crippen LogP contribution in [0.5, 0.6) is 0 Å². The summed E-state index contributed by atoms with van der Waals surface area (Å²) in [6.07, 6.45) is 11.6. The Morgan fingerprint density at radius 1 is 1.10 bits per heavy atom. The first kappa shape index (κ1) is 16.3. The highest BCUT2D eigenvalue weighted by Crippen LogP contribution is 2.39. The summed E-state index contributed by atoms with van der Waals surface area (Å²) < 4.78 is 0. The van der Waals surface area contributed by atoms with Crippen LogP contribution in [-0.4, -0.2) is 38.1 Å². The first-order valence-electron chi connectivity index (χ1n) is 9.03. The second-order valence-corrected chi connectivity index (χ2v) is 7.81. The third-order valence-corrected chi connectivity index (χ3v) is 5.73. The van der Waals surface area contributed by atoms with Crippen molar-refractivity contribution in [2.75, 3.05) is 33.2 Å². The van der Waals surface area contributed by atoms with Gasteiger partial charge in [-0.3, -0.25) is 0 Å². The van der Waals surface area contributed by atoms with Crippen LogP contribution in [0.4, 0.5) is 0 Å². The van der Waals surface area contributed by atoms with E-state index in [9.17, 15) is 0 Å². The Hall–Kier alpha value is -0.0800. The molecule has 0 aliphatic heterocycles. The van der Waals surface area contributed by atoms with Gasteiger partial charge in [0.15, 0.2) is 0 Å². The van der Waals surface area contributed by atoms with E-state index in [1.165, 1.54) is 71.0 Å². The SMILES string of the molecule is CCNCC1(CN(C)CC2CCCC2)CCC(C)CC1. The van der Waals surface area contributed by atoms with Gasteiger partial charge < -0.3 is 10.2 Å². The number of rotatable bonds is 7. The lowest BCUT2D eigenvalue weighted by Gasteiger charge is -2.42. The van der Waals surface area contributed by atoms with Gasteiger partial charge in [-0.15, -0.1) is 0 Å². The molecule has 0 atom stereocenters. The van der Waals surface area contributed by atoms with Crippen LogP contribution in [0.3, 0.4) is 0 Å². The fourth-order valence-corrected chi connectivity index (χ4v) is 4.43. The monoisotopic (exact) mass is 280 g/mol. The van der Waals surface area contributed by atoms with Crippen LogP contribution < -0.4 is 5.32 Å². The van der Waals surface area contributed by atoms with Gasteiger partial charge in [-0.1, -0.05) is 39.5 Å². The van der Waals surface area contributed by atoms with Crippen molar-refractivity contribution >= 4 is 0 Å². The van der Waals surface area contributed by atoms with Gasteiger partial charge in [0, 0.05) is 19.6 Å². The van der Waals surface area contributed by atoms with Crippen molar-refractivity contribution in [3.8, 4) is 0 Å². The van der Waals surface area contributed by atoms with Crippen molar-refractivity contribution < 1.29 is 0 Å². The number of nitrogens with zero attached hydrogens (tertiary/aromatic N) is 1. The van der Waals surface area contributed by atoms with E-state index < -0.39 is 0 Å². The summed E-state index contributed by atoms with van der Waals surface area (Å²) in [6, 6.07) is 0. The summed E-state index contributed by atoms with van der Waals surface area (Å²) in [5, 5.41) is 3.65. The maximum absolute atomic E-state index is 3.65. The summed E-state index contributed by atoms with van der Waals surface area (Å²) in [7, 11) is 2.37. The van der Waals surface area contributed by atoms with Gasteiger partial charge >= 0.3 is 0 Å². The molecular weight excluding hydrogens is 244 g/mol. The largest absolute Gasteiger partial charge is 0.316 e. The van der Waals surface area contributed by atoms with E-state index in [1.807, 2.05) is 0 Å². The zero-order valence-corrected chi connectivity index (χ0v) is 14.1. The Kier molecular flexibility index (Phi) is 6.35. The molecule has 2 saturated carbocycles. The number of hydrogen-bond donors (Lipinski definition) is 1. The zero-order valence-electron chi connectivity index (χ0n) is 14.1. The van der Waals surface area contributed by atoms with Gasteiger partial charge in [-0.25, -0.2) is 0 Å². The fourth-order valence-electron chi connectivity index (χ4n) is 4.43. The minimum atomic E-state index is 0.551. The topological polar surface area (TPSA) is 15.3 Å². The Morgan fingerprint density at radius 2 is 1.75 bits per heavy atom. The molecule has 0 saturated heterocycles. The summed E-state index contributed by atoms with van der Waals surface area (Å²) in [5.74, 6) is 1.93. The molecule has 0 aromatic rings. The molecule has 2 aliphatic rings. The predicted octanol–water partition coefficient (Wildman–Crippen LogP) is 3.91. The van der Waals surface area contributed by atoms with Gasteiger partial charge in [0.25, 0.3) is 0 Å². The van der Waals surface area contributed by atoms with Gasteiger partial charge in [-0.05, 0) is 56.5 Å². The van der Waals surface area contributed by atoms with Gasteiger partial charge in [0.1, 0.15) is 0 Å². The van der Waals surface area contributed by atoms with Crippen molar-refractivity contribution in [2.24, 2.45) is 17.3 Å². The molecular formula is C18H36N2. The second-order valence-electron chi connectivity index (χ2n) is 7.81. The molecule has 0 unspecified atom stereocenters. The smallest absolute Gasteiger partial charge is 0.00472 e. The van der Waals surface area contributed by atoms with Crippen molar-refractivity contribution in [3.63, 3.8) is 0 Å². The maximum atomic E-state index is 3.65. The van der Waals surface area contributed by atoms with Crippen LogP contribution in [0, 0.1) is 17.3 Å². The number of hydrogen-bond acceptors (Lipinski definition) is 2. The quantitative estimate of drug-likeness (QED) is 0.760. The molecule has 0 radical (unpaired) electrons. The molecule has 2 nitrogen and oxygen atoms in total. The minimum absolute atomic E-state index is 0.551. The molecule has 0 amide bonds. The minimum Gasteiger partial charge on any atom is -0.316 e. The number of nitrogens with one attached hydrogen (secondary N) is 1. The average Bonchev–Trinajstić information content (AvgIpc) is 2.92. The standard InChI is InChI=1S/C18H36N2/c1-4-19-14-18(11-9-16(2)10-12-18)15-20(3)13-17-7-5-6-8-17/h16-17,19H,4-15H2,1-3H3. The molecule has 118 valence electrons. The highest BCUT2D eigenvalue weighted by atomic mass is 15.1. The normalized spacial score (nSPS) is 32.1. The summed E-state index contributed by atoms with van der Waals surface area (Å²) in [5.41, 5.74) is 0.551. The molecule has 2 rings (SSSR count). The van der Waals surface area contributed by atoms with Crippen LogP contribution in [0.2, 0.25) is 0 Å². The lowest BCUT2D eigenvalue weighted by molar-refractivity contribution is 0.0922. The summed E-state index contributed by atoms with van der Waals surface area (Å²) >= 11 is 0. The van der Waals surface area contributed by atoms with Crippen LogP contribution in [-0.2, 0) is 0 Å². The third-order valence-electron chi connectivity index (χ3n) is 5.73. The molecule has 1 N–H and O–H groups in total. The van der Waals surface area contributed by atoms with E-state index in [-0.39, 0.29) is 0 Å². The van der Waals surface area contributed by atoms with E-state index >= 15 is 0 Å². The first-order valence-corrected chi connectivity index (χ1v) is 9.03. The van der Waals surface area contributed by atoms with Crippen molar-refractivity contribution in [1.82, 2.24) is 10.2 Å². The van der Waals surface area contributed by atoms with Crippen LogP contribution in [0.1, 0.15) is 65.2 Å². The van der Waals surface area contributed by atoms with E-state index in [0.717, 1.165) is 18.4 Å². The highest BCUT2D eigenvalue weighted by molar-refractivity contribution is 4.89. The lowest BCUT2D eigenvalue weighted by Crippen LogP contribution is -2.46. The molecule has 0 heterocycles. The van der Waals surface area contributed by atoms with E-state index in [4.69, 9.17) is 0 Å². The second kappa shape index (κ2) is 7.79. The fraction of sp³-hybridized carbons (Fsp3) is 1.00. The zero-order chi connectivity index (χ0) is 14.4. The van der Waals surface area contributed by atoms with E-state index in [0.29, 0.717) is 5.41 Å². The van der Waals surface area contributed by atoms with Crippen molar-refractivity contribution in [3.05, 3.63) is 0 Å². The molecule has 2 aliphatic carbocycles. The molecule has 0 aromatic carbocycles. The molecule has 20 heavy (non-hydrogen) atoms. The predicted molar refractivity (Wildman–Crippen MR) is 88.1 cm³/mol. The summed E-state index contributed by atoms with van der Waals surface area (Å²) in [6.45, 7) is 9.66. The molecule has 0 spiro atoms. The van der Waals surface area contributed by atoms with E-state index in [1.54, 1.807) is 0 Å². The summed E-state index contributed by atoms with van der Waals surface area (Å²) in [4.78, 5) is 2.66. The average molecular weight is 280 g/mol. The molecule has 2 fully saturated rings. The van der Waals surface area contributed by atoms with E-state index in [2.05, 4.69) is 31.1 Å². The van der Waals surface area contributed by atoms with Crippen molar-refractivity contribution in [2.45, 2.75) is 65.2 Å². The van der Waals surface area contributed by atoms with Gasteiger partial charge in [0.05, 0.1) is 0 Å². The van der Waals surface area contributed by atoms with Gasteiger partial charge in [0.2, 0.25) is 0 Å².